The van der Waals surface area contributed by atoms with Gasteiger partial charge in [-0.1, -0.05) is 6.07 Å². The van der Waals surface area contributed by atoms with Crippen molar-refractivity contribution in [1.29, 1.82) is 0 Å². The summed E-state index contributed by atoms with van der Waals surface area (Å²) in [5, 5.41) is 9.20. The Bertz CT molecular complexity index is 297. The number of halogens is 1. The van der Waals surface area contributed by atoms with Gasteiger partial charge in [0.15, 0.2) is 0 Å². The minimum Gasteiger partial charge on any atom is -0.389 e. The molecule has 0 aliphatic carbocycles. The number of anilines is 1. The number of hydrogen-bond donors (Lipinski definition) is 1. The molecule has 0 spiro atoms. The lowest BCUT2D eigenvalue weighted by Crippen LogP contribution is -2.10. The molecular weight excluding hydrogens is 169 g/mol. The van der Waals surface area contributed by atoms with E-state index in [0.29, 0.717) is 11.3 Å². The molecule has 1 rings (SSSR count). The summed E-state index contributed by atoms with van der Waals surface area (Å²) in [6.07, 6.45) is -0.620. The third kappa shape index (κ3) is 2.18. The maximum absolute atomic E-state index is 13.3. The Labute approximate surface area is 77.6 Å². The SMILES string of the molecule is CC(O)c1ccc(N(C)C)c(F)c1. The highest BCUT2D eigenvalue weighted by Gasteiger charge is 2.07. The Hall–Kier alpha value is -1.09. The van der Waals surface area contributed by atoms with E-state index in [1.807, 2.05) is 0 Å². The topological polar surface area (TPSA) is 23.5 Å². The fourth-order valence-corrected chi connectivity index (χ4v) is 1.15. The van der Waals surface area contributed by atoms with Gasteiger partial charge >= 0.3 is 0 Å². The maximum atomic E-state index is 13.3. The number of aliphatic hydroxyl groups is 1. The Kier molecular flexibility index (Phi) is 2.88. The van der Waals surface area contributed by atoms with Crippen LogP contribution in [0.25, 0.3) is 0 Å². The van der Waals surface area contributed by atoms with Gasteiger partial charge in [0.1, 0.15) is 5.82 Å². The molecule has 0 aromatic heterocycles. The van der Waals surface area contributed by atoms with E-state index in [-0.39, 0.29) is 5.82 Å². The lowest BCUT2D eigenvalue weighted by Gasteiger charge is -2.14. The van der Waals surface area contributed by atoms with Crippen LogP contribution >= 0.6 is 0 Å². The molecule has 0 aliphatic heterocycles. The minimum atomic E-state index is -0.620. The first-order chi connectivity index (χ1) is 6.02. The Morgan fingerprint density at radius 2 is 2.00 bits per heavy atom. The molecule has 0 amide bonds. The normalized spacial score (nSPS) is 12.7. The van der Waals surface area contributed by atoms with Gasteiger partial charge in [-0.3, -0.25) is 0 Å². The monoisotopic (exact) mass is 183 g/mol. The van der Waals surface area contributed by atoms with Crippen molar-refractivity contribution in [2.75, 3.05) is 19.0 Å². The van der Waals surface area contributed by atoms with Crippen molar-refractivity contribution < 1.29 is 9.50 Å². The number of rotatable bonds is 2. The molecule has 0 bridgehead atoms. The summed E-state index contributed by atoms with van der Waals surface area (Å²) in [7, 11) is 3.56. The van der Waals surface area contributed by atoms with Crippen LogP contribution in [0.4, 0.5) is 10.1 Å². The van der Waals surface area contributed by atoms with Crippen LogP contribution in [0.5, 0.6) is 0 Å². The van der Waals surface area contributed by atoms with E-state index in [1.165, 1.54) is 6.07 Å². The molecule has 1 N–H and O–H groups in total. The second-order valence-electron chi connectivity index (χ2n) is 3.28. The quantitative estimate of drug-likeness (QED) is 0.757. The standard InChI is InChI=1S/C10H14FNO/c1-7(13)8-4-5-10(12(2)3)9(11)6-8/h4-7,13H,1-3H3. The zero-order chi connectivity index (χ0) is 10.0. The molecule has 3 heteroatoms. The van der Waals surface area contributed by atoms with Gasteiger partial charge < -0.3 is 10.0 Å². The van der Waals surface area contributed by atoms with Crippen LogP contribution in [0, 0.1) is 5.82 Å². The first-order valence-electron chi connectivity index (χ1n) is 4.17. The summed E-state index contributed by atoms with van der Waals surface area (Å²) in [6, 6.07) is 4.75. The smallest absolute Gasteiger partial charge is 0.146 e. The lowest BCUT2D eigenvalue weighted by molar-refractivity contribution is 0.199. The fraction of sp³-hybridized carbons (Fsp3) is 0.400. The van der Waals surface area contributed by atoms with Crippen molar-refractivity contribution in [3.8, 4) is 0 Å². The van der Waals surface area contributed by atoms with Crippen molar-refractivity contribution in [1.82, 2.24) is 0 Å². The van der Waals surface area contributed by atoms with E-state index >= 15 is 0 Å². The van der Waals surface area contributed by atoms with Crippen LogP contribution in [0.15, 0.2) is 18.2 Å². The molecule has 1 atom stereocenters. The van der Waals surface area contributed by atoms with Crippen molar-refractivity contribution in [3.05, 3.63) is 29.6 Å². The van der Waals surface area contributed by atoms with Gasteiger partial charge in [0, 0.05) is 14.1 Å². The average molecular weight is 183 g/mol. The summed E-state index contributed by atoms with van der Waals surface area (Å²) in [5.41, 5.74) is 1.13. The number of aliphatic hydroxyl groups excluding tert-OH is 1. The highest BCUT2D eigenvalue weighted by Crippen LogP contribution is 2.21. The Balaban J connectivity index is 3.06. The maximum Gasteiger partial charge on any atom is 0.146 e. The molecular formula is C10H14FNO. The minimum absolute atomic E-state index is 0.302. The molecule has 1 aromatic rings. The largest absolute Gasteiger partial charge is 0.389 e. The third-order valence-corrected chi connectivity index (χ3v) is 1.94. The summed E-state index contributed by atoms with van der Waals surface area (Å²) >= 11 is 0. The predicted octanol–water partition coefficient (Wildman–Crippen LogP) is 1.95. The van der Waals surface area contributed by atoms with Gasteiger partial charge in [-0.2, -0.15) is 0 Å². The van der Waals surface area contributed by atoms with Gasteiger partial charge in [-0.15, -0.1) is 0 Å². The highest BCUT2D eigenvalue weighted by atomic mass is 19.1. The van der Waals surface area contributed by atoms with Crippen molar-refractivity contribution >= 4 is 5.69 Å². The highest BCUT2D eigenvalue weighted by molar-refractivity contribution is 5.47. The van der Waals surface area contributed by atoms with Gasteiger partial charge in [-0.05, 0) is 24.6 Å². The van der Waals surface area contributed by atoms with Crippen LogP contribution in [0.1, 0.15) is 18.6 Å². The second-order valence-corrected chi connectivity index (χ2v) is 3.28. The van der Waals surface area contributed by atoms with E-state index in [0.717, 1.165) is 0 Å². The zero-order valence-electron chi connectivity index (χ0n) is 8.08. The average Bonchev–Trinajstić information content (AvgIpc) is 2.03. The van der Waals surface area contributed by atoms with Gasteiger partial charge in [0.2, 0.25) is 0 Å². The van der Waals surface area contributed by atoms with E-state index in [2.05, 4.69) is 0 Å². The third-order valence-electron chi connectivity index (χ3n) is 1.94. The molecule has 72 valence electrons. The molecule has 1 aromatic carbocycles. The van der Waals surface area contributed by atoms with Crippen molar-refractivity contribution in [2.24, 2.45) is 0 Å². The predicted molar refractivity (Wildman–Crippen MR) is 51.4 cm³/mol. The summed E-state index contributed by atoms with van der Waals surface area (Å²) in [5.74, 6) is -0.302. The van der Waals surface area contributed by atoms with Crippen molar-refractivity contribution in [3.63, 3.8) is 0 Å². The Morgan fingerprint density at radius 1 is 1.38 bits per heavy atom. The lowest BCUT2D eigenvalue weighted by atomic mass is 10.1. The van der Waals surface area contributed by atoms with Crippen LogP contribution in [-0.4, -0.2) is 19.2 Å². The Morgan fingerprint density at radius 3 is 2.38 bits per heavy atom. The molecule has 0 radical (unpaired) electrons. The molecule has 0 aliphatic rings. The van der Waals surface area contributed by atoms with E-state index in [9.17, 15) is 9.50 Å². The van der Waals surface area contributed by atoms with Gasteiger partial charge in [-0.25, -0.2) is 4.39 Å². The zero-order valence-corrected chi connectivity index (χ0v) is 8.08. The molecule has 0 heterocycles. The summed E-state index contributed by atoms with van der Waals surface area (Å²) in [6.45, 7) is 1.62. The molecule has 1 unspecified atom stereocenters. The fourth-order valence-electron chi connectivity index (χ4n) is 1.15. The van der Waals surface area contributed by atoms with E-state index in [1.54, 1.807) is 38.1 Å². The van der Waals surface area contributed by atoms with E-state index in [4.69, 9.17) is 0 Å². The molecule has 0 saturated heterocycles. The summed E-state index contributed by atoms with van der Waals surface area (Å²) < 4.78 is 13.3. The van der Waals surface area contributed by atoms with Crippen LogP contribution in [0.2, 0.25) is 0 Å². The van der Waals surface area contributed by atoms with Gasteiger partial charge in [0.25, 0.3) is 0 Å². The molecule has 13 heavy (non-hydrogen) atoms. The molecule has 0 fully saturated rings. The van der Waals surface area contributed by atoms with Gasteiger partial charge in [0.05, 0.1) is 11.8 Å². The second kappa shape index (κ2) is 3.75. The van der Waals surface area contributed by atoms with E-state index < -0.39 is 6.10 Å². The first-order valence-corrected chi connectivity index (χ1v) is 4.17. The van der Waals surface area contributed by atoms with Crippen LogP contribution < -0.4 is 4.90 Å². The molecule has 2 nitrogen and oxygen atoms in total. The summed E-state index contributed by atoms with van der Waals surface area (Å²) in [4.78, 5) is 1.70. The van der Waals surface area contributed by atoms with Crippen molar-refractivity contribution in [2.45, 2.75) is 13.0 Å². The number of hydrogen-bond acceptors (Lipinski definition) is 2. The number of benzene rings is 1. The van der Waals surface area contributed by atoms with Crippen LogP contribution in [0.3, 0.4) is 0 Å². The number of nitrogens with zero attached hydrogens (tertiary/aromatic N) is 1. The molecule has 0 saturated carbocycles. The first kappa shape index (κ1) is 9.99. The van der Waals surface area contributed by atoms with Crippen LogP contribution in [-0.2, 0) is 0 Å².